The van der Waals surface area contributed by atoms with Gasteiger partial charge in [0.15, 0.2) is 0 Å². The molecule has 8 aromatic carbocycles. The Balaban J connectivity index is 1.48. The van der Waals surface area contributed by atoms with Gasteiger partial charge in [-0.1, -0.05) is 145 Å². The molecule has 0 bridgehead atoms. The van der Waals surface area contributed by atoms with Crippen LogP contribution in [0, 0.1) is 0 Å². The second-order valence-corrected chi connectivity index (χ2v) is 10.3. The first-order valence-electron chi connectivity index (χ1n) is 19.8. The molecular formula is C42H26O. The topological polar surface area (TPSA) is 13.1 Å². The number of benzene rings is 8. The van der Waals surface area contributed by atoms with Crippen LogP contribution in [0.25, 0.3) is 87.6 Å². The summed E-state index contributed by atoms with van der Waals surface area (Å²) < 4.78 is 110. The van der Waals surface area contributed by atoms with Gasteiger partial charge in [0.1, 0.15) is 11.2 Å². The summed E-state index contributed by atoms with van der Waals surface area (Å²) in [6.07, 6.45) is 0. The summed E-state index contributed by atoms with van der Waals surface area (Å²) in [5.74, 6) is 0. The Morgan fingerprint density at radius 2 is 0.930 bits per heavy atom. The van der Waals surface area contributed by atoms with E-state index in [-0.39, 0.29) is 40.0 Å². The van der Waals surface area contributed by atoms with Crippen molar-refractivity contribution in [2.24, 2.45) is 0 Å². The van der Waals surface area contributed by atoms with E-state index < -0.39 is 54.4 Å². The van der Waals surface area contributed by atoms with Crippen molar-refractivity contribution in [1.29, 1.82) is 0 Å². The average Bonchev–Trinajstić information content (AvgIpc) is 3.59. The van der Waals surface area contributed by atoms with Crippen LogP contribution in [-0.2, 0) is 0 Å². The first-order chi connectivity index (χ1) is 26.3. The van der Waals surface area contributed by atoms with Gasteiger partial charge in [-0.3, -0.25) is 0 Å². The fourth-order valence-corrected chi connectivity index (χ4v) is 6.36. The van der Waals surface area contributed by atoms with Crippen LogP contribution in [-0.4, -0.2) is 0 Å². The molecular weight excluding hydrogens is 520 g/mol. The lowest BCUT2D eigenvalue weighted by atomic mass is 9.83. The van der Waals surface area contributed by atoms with Crippen molar-refractivity contribution in [3.05, 3.63) is 157 Å². The molecule has 43 heavy (non-hydrogen) atoms. The normalized spacial score (nSPS) is 15.6. The molecule has 9 aromatic rings. The van der Waals surface area contributed by atoms with Crippen molar-refractivity contribution in [3.8, 4) is 33.4 Å². The molecule has 1 nitrogen and oxygen atoms in total. The van der Waals surface area contributed by atoms with E-state index in [1.165, 1.54) is 0 Å². The molecule has 0 fully saturated rings. The number of hydrogen-bond acceptors (Lipinski definition) is 1. The van der Waals surface area contributed by atoms with Crippen molar-refractivity contribution in [2.75, 3.05) is 0 Å². The van der Waals surface area contributed by atoms with Gasteiger partial charge in [-0.05, 0) is 77.8 Å². The maximum absolute atomic E-state index is 9.23. The number of fused-ring (bicyclic) bond motifs is 6. The van der Waals surface area contributed by atoms with Gasteiger partial charge >= 0.3 is 0 Å². The number of hydrogen-bond donors (Lipinski definition) is 0. The monoisotopic (exact) mass is 558 g/mol. The van der Waals surface area contributed by atoms with Crippen molar-refractivity contribution in [1.82, 2.24) is 0 Å². The minimum Gasteiger partial charge on any atom is -0.456 e. The van der Waals surface area contributed by atoms with Crippen LogP contribution in [0.1, 0.15) is 16.4 Å². The van der Waals surface area contributed by atoms with Crippen LogP contribution in [0.4, 0.5) is 0 Å². The lowest BCUT2D eigenvalue weighted by molar-refractivity contribution is 0.669. The van der Waals surface area contributed by atoms with E-state index in [2.05, 4.69) is 0 Å². The Labute approximate surface area is 266 Å². The highest BCUT2D eigenvalue weighted by Crippen LogP contribution is 2.48. The molecule has 1 heteroatoms. The summed E-state index contributed by atoms with van der Waals surface area (Å²) in [5.41, 5.74) is 3.49. The lowest BCUT2D eigenvalue weighted by Crippen LogP contribution is -1.92. The van der Waals surface area contributed by atoms with E-state index in [0.717, 1.165) is 11.1 Å². The van der Waals surface area contributed by atoms with Gasteiger partial charge < -0.3 is 4.42 Å². The zero-order chi connectivity index (χ0) is 38.8. The van der Waals surface area contributed by atoms with Gasteiger partial charge in [0, 0.05) is 10.8 Å². The molecule has 0 N–H and O–H groups in total. The summed E-state index contributed by atoms with van der Waals surface area (Å²) in [6.45, 7) is 0. The van der Waals surface area contributed by atoms with Crippen LogP contribution in [0.3, 0.4) is 0 Å². The summed E-state index contributed by atoms with van der Waals surface area (Å²) in [4.78, 5) is 0. The second kappa shape index (κ2) is 9.44. The van der Waals surface area contributed by atoms with Crippen LogP contribution in [0.15, 0.2) is 162 Å². The van der Waals surface area contributed by atoms with Gasteiger partial charge in [-0.25, -0.2) is 0 Å². The highest BCUT2D eigenvalue weighted by molar-refractivity contribution is 6.27. The number of furan rings is 1. The average molecular weight is 559 g/mol. The Morgan fingerprint density at radius 1 is 0.395 bits per heavy atom. The Kier molecular flexibility index (Phi) is 3.29. The first kappa shape index (κ1) is 15.0. The fraction of sp³-hybridized carbons (Fsp3) is 0. The minimum atomic E-state index is -0.525. The Hall–Kier alpha value is -5.66. The van der Waals surface area contributed by atoms with Crippen molar-refractivity contribution >= 4 is 54.3 Å². The third-order valence-electron chi connectivity index (χ3n) is 8.06. The largest absolute Gasteiger partial charge is 0.456 e. The summed E-state index contributed by atoms with van der Waals surface area (Å²) in [7, 11) is 0. The fourth-order valence-electron chi connectivity index (χ4n) is 6.36. The molecule has 1 aromatic heterocycles. The standard InChI is InChI=1S/C42H26O/c1-2-13-28(14-3-1)30-22-11-25-37-41(30)42-36(24-12-26-38(42)43-37)40-34-20-8-6-18-32(34)39(33-19-7-9-21-35(33)40)31-23-10-16-27-15-4-5-17-29(27)31/h1-26H/i1D,2D,3D,4D,5D,10D,13D,14D,15D,16D,17D,23D. The SMILES string of the molecule is [2H]c1c([2H])c([2H])c(-c2cccc3oc4cccc(-c5c6ccccc6c(-c6c([2H])c([2H])c([2H])c7c([2H])c([2H])c([2H])c([2H])c67)c6ccccc56)c4c23)c([2H])c1[2H]. The highest BCUT2D eigenvalue weighted by Gasteiger charge is 2.22. The quantitative estimate of drug-likeness (QED) is 0.197. The van der Waals surface area contributed by atoms with Crippen LogP contribution >= 0.6 is 0 Å². The van der Waals surface area contributed by atoms with E-state index in [1.807, 2.05) is 66.7 Å². The Bertz CT molecular complexity index is 3090. The van der Waals surface area contributed by atoms with Crippen molar-refractivity contribution in [3.63, 3.8) is 0 Å². The molecule has 9 rings (SSSR count). The minimum absolute atomic E-state index is 0.00810. The van der Waals surface area contributed by atoms with Crippen LogP contribution in [0.2, 0.25) is 0 Å². The molecule has 0 unspecified atom stereocenters. The molecule has 1 heterocycles. The predicted octanol–water partition coefficient (Wildman–Crippen LogP) is 12.0. The third kappa shape index (κ3) is 3.58. The molecule has 0 saturated carbocycles. The van der Waals surface area contributed by atoms with Gasteiger partial charge in [0.05, 0.1) is 16.4 Å². The first-order valence-corrected chi connectivity index (χ1v) is 13.8. The Morgan fingerprint density at radius 3 is 1.60 bits per heavy atom. The van der Waals surface area contributed by atoms with Crippen molar-refractivity contribution < 1.29 is 20.9 Å². The molecule has 0 amide bonds. The molecule has 0 atom stereocenters. The molecule has 0 aliphatic heterocycles. The van der Waals surface area contributed by atoms with E-state index >= 15 is 0 Å². The molecule has 200 valence electrons. The summed E-state index contributed by atoms with van der Waals surface area (Å²) >= 11 is 0. The van der Waals surface area contributed by atoms with Crippen molar-refractivity contribution in [2.45, 2.75) is 0 Å². The number of rotatable bonds is 3. The predicted molar refractivity (Wildman–Crippen MR) is 183 cm³/mol. The maximum Gasteiger partial charge on any atom is 0.136 e. The van der Waals surface area contributed by atoms with Gasteiger partial charge in [0.25, 0.3) is 0 Å². The lowest BCUT2D eigenvalue weighted by Gasteiger charge is -2.19. The molecule has 0 radical (unpaired) electrons. The van der Waals surface area contributed by atoms with E-state index in [1.54, 1.807) is 18.2 Å². The maximum atomic E-state index is 9.23. The van der Waals surface area contributed by atoms with Crippen LogP contribution in [0.5, 0.6) is 0 Å². The second-order valence-electron chi connectivity index (χ2n) is 10.3. The third-order valence-corrected chi connectivity index (χ3v) is 8.06. The van der Waals surface area contributed by atoms with Gasteiger partial charge in [-0.15, -0.1) is 0 Å². The van der Waals surface area contributed by atoms with Crippen LogP contribution < -0.4 is 0 Å². The summed E-state index contributed by atoms with van der Waals surface area (Å²) in [5, 5.41) is 3.76. The highest BCUT2D eigenvalue weighted by atomic mass is 16.3. The molecule has 0 aliphatic rings. The van der Waals surface area contributed by atoms with Gasteiger partial charge in [0.2, 0.25) is 0 Å². The summed E-state index contributed by atoms with van der Waals surface area (Å²) in [6, 6.07) is 20.6. The molecule has 0 aliphatic carbocycles. The molecule has 0 spiro atoms. The van der Waals surface area contributed by atoms with E-state index in [9.17, 15) is 1.37 Å². The van der Waals surface area contributed by atoms with Gasteiger partial charge in [-0.2, -0.15) is 0 Å². The smallest absolute Gasteiger partial charge is 0.136 e. The molecule has 0 saturated heterocycles. The van der Waals surface area contributed by atoms with E-state index in [0.29, 0.717) is 54.6 Å². The zero-order valence-corrected chi connectivity index (χ0v) is 22.5. The van der Waals surface area contributed by atoms with E-state index in [4.69, 9.17) is 19.5 Å². The zero-order valence-electron chi connectivity index (χ0n) is 34.5.